The van der Waals surface area contributed by atoms with Gasteiger partial charge < -0.3 is 27.3 Å². The summed E-state index contributed by atoms with van der Waals surface area (Å²) in [5.41, 5.74) is 25.8. The Morgan fingerprint density at radius 2 is 1.07 bits per heavy atom. The lowest BCUT2D eigenvalue weighted by Gasteiger charge is -2.13. The maximum Gasteiger partial charge on any atom is 0.340 e. The van der Waals surface area contributed by atoms with Gasteiger partial charge in [-0.1, -0.05) is 121 Å². The monoisotopic (exact) mass is 1050 g/mol. The van der Waals surface area contributed by atoms with Crippen LogP contribution in [0.3, 0.4) is 0 Å². The summed E-state index contributed by atoms with van der Waals surface area (Å²) >= 11 is 9.76. The first-order valence-corrected chi connectivity index (χ1v) is 25.5. The van der Waals surface area contributed by atoms with Crippen LogP contribution in [0, 0.1) is 0 Å². The molecule has 0 unspecified atom stereocenters. The number of anilines is 2. The number of esters is 1. The highest BCUT2D eigenvalue weighted by Crippen LogP contribution is 2.44. The standard InChI is InChI=1S/C14H10BrNOS.C14H12N2OS.C14H11NOS.C12H11NO2S/c15-13-12-10(17)6-9(16)7-11(12)18-14(13)8-4-2-1-3-5-8;1-15-13-8-11(17)10-7-12(18-14(10)16-13)9-5-3-2-4-6-9;15-10-6-12(16)11-8-13(17-14(11)7-10)9-4-2-1-3-5-9;1-15-12(14)9-7-10(16-11(9)13)8-5-3-2-4-6-8/h1-5,7H,6,16H2;2-7H,8H2,1H3,(H,15,16);1-5,7-8H,6,15H2;2-7H,13H2,1H3. The van der Waals surface area contributed by atoms with Crippen molar-refractivity contribution >= 4 is 113 Å². The highest BCUT2D eigenvalue weighted by atomic mass is 79.9. The number of nitrogens with one attached hydrogen (secondary N) is 1. The SMILES string of the molecule is CN=C1CC(=O)c2cc(-c3ccccc3)sc2N1.COC(=O)c1cc(-c2ccccc2)sc1N.NC1=Cc2sc(-c3ccccc3)c(Br)c2C(=O)C1.NC1=Cc2sc(-c3ccccc3)cc2C(=O)C1. The number of carbonyl (C=O) groups excluding carboxylic acids is 4. The molecule has 346 valence electrons. The topological polar surface area (TPSA) is 180 Å². The Kier molecular flexibility index (Phi) is 15.4. The van der Waals surface area contributed by atoms with E-state index >= 15 is 0 Å². The minimum atomic E-state index is -0.393. The van der Waals surface area contributed by atoms with E-state index in [0.717, 1.165) is 83.5 Å². The maximum atomic E-state index is 12.0. The fourth-order valence-electron chi connectivity index (χ4n) is 7.44. The van der Waals surface area contributed by atoms with E-state index in [9.17, 15) is 19.2 Å². The average molecular weight is 1050 g/mol. The summed E-state index contributed by atoms with van der Waals surface area (Å²) in [6, 6.07) is 45.7. The first-order valence-electron chi connectivity index (χ1n) is 21.4. The van der Waals surface area contributed by atoms with Crippen LogP contribution in [0.4, 0.5) is 10.0 Å². The Morgan fingerprint density at radius 1 is 0.594 bits per heavy atom. The molecule has 0 bridgehead atoms. The summed E-state index contributed by atoms with van der Waals surface area (Å²) in [6.45, 7) is 0. The Balaban J connectivity index is 0.000000124. The first-order chi connectivity index (χ1) is 33.4. The van der Waals surface area contributed by atoms with Gasteiger partial charge in [-0.2, -0.15) is 0 Å². The fraction of sp³-hybridized carbons (Fsp3) is 0.0926. The molecule has 2 aliphatic carbocycles. The molecule has 0 atom stereocenters. The molecule has 15 heteroatoms. The molecular formula is C54H44BrN5O5S4. The molecule has 1 aliphatic heterocycles. The number of allylic oxidation sites excluding steroid dienone is 2. The highest BCUT2D eigenvalue weighted by molar-refractivity contribution is 9.10. The number of amidine groups is 1. The van der Waals surface area contributed by atoms with Crippen molar-refractivity contribution in [1.82, 2.24) is 0 Å². The molecule has 11 rings (SSSR count). The van der Waals surface area contributed by atoms with E-state index in [1.165, 1.54) is 18.4 Å². The zero-order valence-corrected chi connectivity index (χ0v) is 42.1. The van der Waals surface area contributed by atoms with Gasteiger partial charge in [0.2, 0.25) is 0 Å². The van der Waals surface area contributed by atoms with Crippen molar-refractivity contribution in [2.24, 2.45) is 16.5 Å². The summed E-state index contributed by atoms with van der Waals surface area (Å²) in [6.07, 6.45) is 4.84. The van der Waals surface area contributed by atoms with Crippen LogP contribution in [0.5, 0.6) is 0 Å². The average Bonchev–Trinajstić information content (AvgIpc) is 4.17. The lowest BCUT2D eigenvalue weighted by Crippen LogP contribution is -2.22. The summed E-state index contributed by atoms with van der Waals surface area (Å²) < 4.78 is 5.55. The lowest BCUT2D eigenvalue weighted by atomic mass is 10.0. The number of thiophene rings is 4. The Bertz CT molecular complexity index is 3280. The van der Waals surface area contributed by atoms with Gasteiger partial charge in [0.05, 0.1) is 43.1 Å². The minimum absolute atomic E-state index is 0.0929. The van der Waals surface area contributed by atoms with Crippen LogP contribution in [-0.2, 0) is 4.74 Å². The molecule has 69 heavy (non-hydrogen) atoms. The number of aliphatic imine (C=N–C) groups is 1. The predicted octanol–water partition coefficient (Wildman–Crippen LogP) is 13.6. The molecule has 10 nitrogen and oxygen atoms in total. The minimum Gasteiger partial charge on any atom is -0.465 e. The maximum absolute atomic E-state index is 12.0. The van der Waals surface area contributed by atoms with Crippen molar-refractivity contribution < 1.29 is 23.9 Å². The Morgan fingerprint density at radius 3 is 1.62 bits per heavy atom. The van der Waals surface area contributed by atoms with Crippen molar-refractivity contribution in [2.75, 3.05) is 25.2 Å². The number of ketones is 3. The van der Waals surface area contributed by atoms with E-state index in [-0.39, 0.29) is 17.3 Å². The third-order valence-corrected chi connectivity index (χ3v) is 16.3. The first kappa shape index (κ1) is 48.4. The van der Waals surface area contributed by atoms with Gasteiger partial charge in [0.25, 0.3) is 0 Å². The second-order valence-electron chi connectivity index (χ2n) is 15.6. The van der Waals surface area contributed by atoms with Crippen LogP contribution in [0.2, 0.25) is 0 Å². The van der Waals surface area contributed by atoms with Crippen LogP contribution in [0.1, 0.15) is 70.4 Å². The molecule has 8 aromatic rings. The molecule has 7 N–H and O–H groups in total. The molecule has 0 saturated carbocycles. The molecule has 0 fully saturated rings. The Labute approximate surface area is 423 Å². The van der Waals surface area contributed by atoms with E-state index in [2.05, 4.69) is 55.2 Å². The summed E-state index contributed by atoms with van der Waals surface area (Å²) in [4.78, 5) is 57.5. The predicted molar refractivity (Wildman–Crippen MR) is 291 cm³/mol. The van der Waals surface area contributed by atoms with E-state index in [1.807, 2.05) is 121 Å². The number of halogens is 1. The van der Waals surface area contributed by atoms with Crippen LogP contribution in [0.15, 0.2) is 160 Å². The molecular weight excluding hydrogens is 1010 g/mol. The number of fused-ring (bicyclic) bond motifs is 3. The van der Waals surface area contributed by atoms with Crippen molar-refractivity contribution in [1.29, 1.82) is 0 Å². The number of ether oxygens (including phenoxy) is 1. The normalized spacial score (nSPS) is 13.9. The molecule has 4 aromatic carbocycles. The second kappa shape index (κ2) is 22.0. The number of nitrogens with zero attached hydrogens (tertiary/aromatic N) is 1. The quantitative estimate of drug-likeness (QED) is 0.122. The number of rotatable bonds is 5. The van der Waals surface area contributed by atoms with Gasteiger partial charge in [-0.3, -0.25) is 19.4 Å². The van der Waals surface area contributed by atoms with Gasteiger partial charge in [0, 0.05) is 57.7 Å². The highest BCUT2D eigenvalue weighted by Gasteiger charge is 2.26. The largest absolute Gasteiger partial charge is 0.465 e. The van der Waals surface area contributed by atoms with Gasteiger partial charge in [-0.15, -0.1) is 45.3 Å². The number of nitrogen functional groups attached to an aromatic ring is 1. The molecule has 0 spiro atoms. The molecule has 0 saturated heterocycles. The van der Waals surface area contributed by atoms with Crippen LogP contribution < -0.4 is 22.5 Å². The zero-order chi connectivity index (χ0) is 48.6. The molecule has 0 amide bonds. The third kappa shape index (κ3) is 11.3. The van der Waals surface area contributed by atoms with Crippen molar-refractivity contribution in [3.8, 4) is 41.8 Å². The summed E-state index contributed by atoms with van der Waals surface area (Å²) in [5, 5.41) is 4.61. The van der Waals surface area contributed by atoms with Crippen LogP contribution in [-0.4, -0.2) is 43.3 Å². The fourth-order valence-corrected chi connectivity index (χ4v) is 12.9. The van der Waals surface area contributed by atoms with E-state index < -0.39 is 5.97 Å². The number of hydrogen-bond acceptors (Lipinski definition) is 13. The smallest absolute Gasteiger partial charge is 0.340 e. The van der Waals surface area contributed by atoms with Gasteiger partial charge in [-0.25, -0.2) is 4.79 Å². The van der Waals surface area contributed by atoms with Crippen molar-refractivity contribution in [3.05, 3.63) is 187 Å². The summed E-state index contributed by atoms with van der Waals surface area (Å²) in [7, 11) is 3.05. The van der Waals surface area contributed by atoms with Crippen LogP contribution >= 0.6 is 61.3 Å². The van der Waals surface area contributed by atoms with E-state index in [4.69, 9.17) is 17.2 Å². The van der Waals surface area contributed by atoms with E-state index in [1.54, 1.807) is 47.1 Å². The van der Waals surface area contributed by atoms with E-state index in [0.29, 0.717) is 41.2 Å². The van der Waals surface area contributed by atoms with Gasteiger partial charge >= 0.3 is 5.97 Å². The lowest BCUT2D eigenvalue weighted by molar-refractivity contribution is 0.0602. The number of hydrogen-bond donors (Lipinski definition) is 4. The number of nitrogens with two attached hydrogens (primary N) is 3. The molecule has 0 radical (unpaired) electrons. The second-order valence-corrected chi connectivity index (χ2v) is 20.7. The molecule has 3 aliphatic rings. The number of Topliss-reactive ketones (excluding diaryl/α,β-unsaturated/α-hetero) is 3. The van der Waals surface area contributed by atoms with Crippen molar-refractivity contribution in [2.45, 2.75) is 19.3 Å². The molecule has 4 aromatic heterocycles. The summed E-state index contributed by atoms with van der Waals surface area (Å²) in [5.74, 6) is 0.710. The number of benzene rings is 4. The van der Waals surface area contributed by atoms with Gasteiger partial charge in [0.1, 0.15) is 15.8 Å². The number of methoxy groups -OCH3 is 1. The van der Waals surface area contributed by atoms with Gasteiger partial charge in [-0.05, 0) is 68.5 Å². The van der Waals surface area contributed by atoms with Crippen molar-refractivity contribution in [3.63, 3.8) is 0 Å². The molecule has 5 heterocycles. The third-order valence-electron chi connectivity index (χ3n) is 10.8. The zero-order valence-electron chi connectivity index (χ0n) is 37.3. The Hall–Kier alpha value is -7.01. The van der Waals surface area contributed by atoms with Crippen LogP contribution in [0.25, 0.3) is 53.9 Å². The number of carbonyl (C=O) groups is 4. The van der Waals surface area contributed by atoms with Gasteiger partial charge in [0.15, 0.2) is 17.3 Å².